The smallest absolute Gasteiger partial charge is 0.342 e. The maximum absolute atomic E-state index is 14.6. The van der Waals surface area contributed by atoms with Crippen LogP contribution in [0.25, 0.3) is 11.2 Å². The molecule has 0 radical (unpaired) electrons. The molecule has 1 fully saturated rings. The fourth-order valence-electron chi connectivity index (χ4n) is 4.04. The van der Waals surface area contributed by atoms with E-state index >= 15 is 0 Å². The molecule has 16 nitrogen and oxygen atoms in total. The first kappa shape index (κ1) is 33.6. The van der Waals surface area contributed by atoms with E-state index < -0.39 is 81.0 Å². The molecule has 1 saturated heterocycles. The number of anilines is 1. The Bertz CT molecular complexity index is 1280. The van der Waals surface area contributed by atoms with Gasteiger partial charge in [0.15, 0.2) is 23.3 Å². The summed E-state index contributed by atoms with van der Waals surface area (Å²) >= 11 is 0. The van der Waals surface area contributed by atoms with Crippen molar-refractivity contribution in [2.75, 3.05) is 12.3 Å². The number of ether oxygens (including phenoxy) is 3. The third-order valence-electron chi connectivity index (χ3n) is 6.10. The van der Waals surface area contributed by atoms with Crippen LogP contribution in [0.3, 0.4) is 0 Å². The quantitative estimate of drug-likeness (QED) is 0.153. The van der Waals surface area contributed by atoms with E-state index in [2.05, 4.69) is 25.1 Å². The van der Waals surface area contributed by atoms with Crippen LogP contribution in [-0.2, 0) is 32.9 Å². The van der Waals surface area contributed by atoms with Crippen LogP contribution in [0.4, 0.5) is 14.6 Å². The predicted molar refractivity (Wildman–Crippen MR) is 142 cm³/mol. The second kappa shape index (κ2) is 13.2. The molecule has 2 aromatic rings. The molecule has 3 rings (SSSR count). The topological polar surface area (TPSA) is 222 Å². The van der Waals surface area contributed by atoms with Crippen molar-refractivity contribution in [3.8, 4) is 0 Å². The standard InChI is InChI=1S/C23H36F2N7O9P/c1-10(2)39-20(35)12(5)30-42(37,31-13(6)21(36)40-11(3)4)38-7-23(22(24)25)16(34)15(33)19(41-23)32-9-29-14-17(26)27-8-28-18(14)32/h8-13,15-16,19,22,33-34H,7H2,1-6H3,(H2,26,27,28)(H2,30,31,37). The van der Waals surface area contributed by atoms with Crippen LogP contribution in [0.15, 0.2) is 12.7 Å². The predicted octanol–water partition coefficient (Wildman–Crippen LogP) is 0.647. The molecule has 2 aromatic heterocycles. The number of nitrogens with zero attached hydrogens (tertiary/aromatic N) is 4. The number of nitrogens with one attached hydrogen (secondary N) is 2. The van der Waals surface area contributed by atoms with Crippen molar-refractivity contribution in [1.82, 2.24) is 29.7 Å². The minimum Gasteiger partial charge on any atom is -0.462 e. The number of fused-ring (bicyclic) bond motifs is 1. The average molecular weight is 624 g/mol. The van der Waals surface area contributed by atoms with Crippen LogP contribution in [0, 0.1) is 0 Å². The lowest BCUT2D eigenvalue weighted by atomic mass is 9.96. The highest BCUT2D eigenvalue weighted by molar-refractivity contribution is 7.54. The van der Waals surface area contributed by atoms with E-state index in [1.54, 1.807) is 27.7 Å². The van der Waals surface area contributed by atoms with Crippen LogP contribution in [-0.4, -0.2) is 96.8 Å². The van der Waals surface area contributed by atoms with Gasteiger partial charge in [0.05, 0.1) is 25.1 Å². The van der Waals surface area contributed by atoms with E-state index in [4.69, 9.17) is 24.5 Å². The molecule has 6 unspecified atom stereocenters. The van der Waals surface area contributed by atoms with Gasteiger partial charge < -0.3 is 34.7 Å². The number of rotatable bonds is 13. The lowest BCUT2D eigenvalue weighted by Crippen LogP contribution is -2.53. The lowest BCUT2D eigenvalue weighted by Gasteiger charge is -2.33. The van der Waals surface area contributed by atoms with Gasteiger partial charge in [0.1, 0.15) is 36.1 Å². The summed E-state index contributed by atoms with van der Waals surface area (Å²) in [6.45, 7) is 7.61. The number of nitrogen functional groups attached to an aromatic ring is 1. The van der Waals surface area contributed by atoms with Gasteiger partial charge in [-0.1, -0.05) is 0 Å². The van der Waals surface area contributed by atoms with Gasteiger partial charge in [-0.05, 0) is 41.5 Å². The van der Waals surface area contributed by atoms with Crippen molar-refractivity contribution < 1.29 is 51.9 Å². The average Bonchev–Trinajstić information content (AvgIpc) is 3.42. The Hall–Kier alpha value is -2.86. The molecule has 6 atom stereocenters. The molecular weight excluding hydrogens is 587 g/mol. The summed E-state index contributed by atoms with van der Waals surface area (Å²) in [4.78, 5) is 36.6. The summed E-state index contributed by atoms with van der Waals surface area (Å²) in [5, 5.41) is 26.3. The number of halogens is 2. The van der Waals surface area contributed by atoms with E-state index in [0.29, 0.717) is 0 Å². The Labute approximate surface area is 239 Å². The van der Waals surface area contributed by atoms with Gasteiger partial charge in [-0.15, -0.1) is 0 Å². The number of aromatic nitrogens is 4. The van der Waals surface area contributed by atoms with Gasteiger partial charge in [0.2, 0.25) is 0 Å². The zero-order valence-electron chi connectivity index (χ0n) is 23.8. The zero-order chi connectivity index (χ0) is 31.6. The first-order chi connectivity index (χ1) is 19.5. The molecule has 0 spiro atoms. The Morgan fingerprint density at radius 3 is 2.12 bits per heavy atom. The molecule has 42 heavy (non-hydrogen) atoms. The van der Waals surface area contributed by atoms with E-state index in [9.17, 15) is 33.1 Å². The van der Waals surface area contributed by atoms with Crippen molar-refractivity contribution in [3.63, 3.8) is 0 Å². The highest BCUT2D eigenvalue weighted by Crippen LogP contribution is 2.47. The number of carbonyl (C=O) groups excluding carboxylic acids is 2. The summed E-state index contributed by atoms with van der Waals surface area (Å²) in [6.07, 6.45) is -8.26. The van der Waals surface area contributed by atoms with E-state index in [0.717, 1.165) is 17.2 Å². The molecule has 19 heteroatoms. The van der Waals surface area contributed by atoms with Gasteiger partial charge in [0, 0.05) is 0 Å². The first-order valence-electron chi connectivity index (χ1n) is 13.0. The molecule has 6 N–H and O–H groups in total. The van der Waals surface area contributed by atoms with Crippen molar-refractivity contribution >= 4 is 36.6 Å². The second-order valence-corrected chi connectivity index (χ2v) is 12.2. The SMILES string of the molecule is CC(C)OC(=O)C(C)NP(=O)(NC(C)C(=O)OC(C)C)OCC1(C(F)F)OC(n2cnc3c(N)ncnc32)C(O)C1O. The normalized spacial score (nSPS) is 25.6. The molecule has 1 aliphatic heterocycles. The van der Waals surface area contributed by atoms with Crippen molar-refractivity contribution in [2.24, 2.45) is 0 Å². The number of aliphatic hydroxyl groups is 2. The molecule has 1 aliphatic rings. The minimum atomic E-state index is -4.60. The first-order valence-corrected chi connectivity index (χ1v) is 14.6. The maximum Gasteiger partial charge on any atom is 0.342 e. The molecule has 0 aliphatic carbocycles. The van der Waals surface area contributed by atoms with Gasteiger partial charge >= 0.3 is 19.6 Å². The molecule has 236 valence electrons. The minimum absolute atomic E-state index is 0.0220. The Kier molecular flexibility index (Phi) is 10.6. The van der Waals surface area contributed by atoms with Gasteiger partial charge in [0.25, 0.3) is 6.43 Å². The number of aliphatic hydroxyl groups excluding tert-OH is 2. The summed E-state index contributed by atoms with van der Waals surface area (Å²) in [5.74, 6) is -1.72. The maximum atomic E-state index is 14.6. The lowest BCUT2D eigenvalue weighted by molar-refractivity contribution is -0.191. The Balaban J connectivity index is 1.91. The third kappa shape index (κ3) is 7.19. The summed E-state index contributed by atoms with van der Waals surface area (Å²) in [6, 6.07) is -2.62. The van der Waals surface area contributed by atoms with E-state index in [-0.39, 0.29) is 17.0 Å². The Morgan fingerprint density at radius 2 is 1.62 bits per heavy atom. The third-order valence-corrected chi connectivity index (χ3v) is 8.04. The number of nitrogens with two attached hydrogens (primary N) is 1. The van der Waals surface area contributed by atoms with Gasteiger partial charge in [-0.25, -0.2) is 33.9 Å². The summed E-state index contributed by atoms with van der Waals surface area (Å²) < 4.78 is 65.3. The number of hydrogen-bond acceptors (Lipinski definition) is 13. The Morgan fingerprint density at radius 1 is 1.07 bits per heavy atom. The van der Waals surface area contributed by atoms with Crippen molar-refractivity contribution in [3.05, 3.63) is 12.7 Å². The number of alkyl halides is 2. The fraction of sp³-hybridized carbons (Fsp3) is 0.696. The number of hydrogen-bond donors (Lipinski definition) is 5. The number of esters is 2. The molecule has 0 bridgehead atoms. The van der Waals surface area contributed by atoms with E-state index in [1.165, 1.54) is 13.8 Å². The highest BCUT2D eigenvalue weighted by atomic mass is 31.2. The number of carbonyl (C=O) groups is 2. The molecule has 3 heterocycles. The highest BCUT2D eigenvalue weighted by Gasteiger charge is 2.61. The molecular formula is C23H36F2N7O9P. The largest absolute Gasteiger partial charge is 0.462 e. The summed E-state index contributed by atoms with van der Waals surface area (Å²) in [5.41, 5.74) is 2.94. The van der Waals surface area contributed by atoms with Crippen LogP contribution in [0.1, 0.15) is 47.8 Å². The van der Waals surface area contributed by atoms with Crippen LogP contribution in [0.2, 0.25) is 0 Å². The fourth-order valence-corrected chi connectivity index (χ4v) is 5.88. The zero-order valence-corrected chi connectivity index (χ0v) is 24.7. The van der Waals surface area contributed by atoms with Gasteiger partial charge in [-0.3, -0.25) is 18.7 Å². The van der Waals surface area contributed by atoms with E-state index in [1.807, 2.05) is 0 Å². The summed E-state index contributed by atoms with van der Waals surface area (Å²) in [7, 11) is -4.60. The monoisotopic (exact) mass is 623 g/mol. The number of imidazole rings is 1. The molecule has 0 aromatic carbocycles. The van der Waals surface area contributed by atoms with Crippen molar-refractivity contribution in [1.29, 1.82) is 0 Å². The van der Waals surface area contributed by atoms with Gasteiger partial charge in [-0.2, -0.15) is 0 Å². The molecule has 0 amide bonds. The van der Waals surface area contributed by atoms with Crippen LogP contribution >= 0.6 is 7.67 Å². The molecule has 0 saturated carbocycles. The van der Waals surface area contributed by atoms with Crippen molar-refractivity contribution in [2.45, 2.75) is 96.3 Å². The second-order valence-electron chi connectivity index (χ2n) is 10.3. The van der Waals surface area contributed by atoms with Crippen LogP contribution < -0.4 is 15.9 Å². The van der Waals surface area contributed by atoms with Crippen LogP contribution in [0.5, 0.6) is 0 Å².